The van der Waals surface area contributed by atoms with Crippen LogP contribution in [0.15, 0.2) is 58.6 Å². The number of fused-ring (bicyclic) bond motifs is 2. The molecule has 244 valence electrons. The van der Waals surface area contributed by atoms with Gasteiger partial charge in [-0.1, -0.05) is 46.8 Å². The Hall–Kier alpha value is -3.74. The number of furan rings is 1. The van der Waals surface area contributed by atoms with E-state index in [0.717, 1.165) is 0 Å². The number of hydrogen-bond acceptors (Lipinski definition) is 12. The van der Waals surface area contributed by atoms with Crippen molar-refractivity contribution in [3.8, 4) is 0 Å². The molecule has 0 amide bonds. The second-order valence-corrected chi connectivity index (χ2v) is 13.5. The fourth-order valence-corrected chi connectivity index (χ4v) is 8.45. The molecular formula is C33H40O12. The molecule has 4 aliphatic rings. The molecule has 11 atom stereocenters. The lowest BCUT2D eigenvalue weighted by Gasteiger charge is -2.61. The van der Waals surface area contributed by atoms with E-state index in [1.807, 2.05) is 0 Å². The lowest BCUT2D eigenvalue weighted by Crippen LogP contribution is -2.71. The third-order valence-electron chi connectivity index (χ3n) is 11.0. The standard InChI is InChI=1S/C33H40O12/c1-7-16(2)24(37)29(39)45-27-25(44-15-34)23(30(4)10-8-20(35)22-26(30)31(5,40)14-43-28(22)38)17(3)33(41)21(36)12-19(32(27,33)6)18-9-11-42-13-18/h8-11,13,15-16,19,23-27,35,37,40-41H,3,7,12,14H2,1-2,4-6H3/t16-,19+,23-,24-,25-,26-,27+,30-,31-,32-,33-/m1/s1. The van der Waals surface area contributed by atoms with Gasteiger partial charge in [-0.25, -0.2) is 9.59 Å². The minimum Gasteiger partial charge on any atom is -0.507 e. The van der Waals surface area contributed by atoms with Gasteiger partial charge in [0.15, 0.2) is 17.5 Å². The Morgan fingerprint density at radius 1 is 1.24 bits per heavy atom. The summed E-state index contributed by atoms with van der Waals surface area (Å²) in [6.07, 6.45) is 1.13. The fourth-order valence-electron chi connectivity index (χ4n) is 8.45. The molecule has 4 N–H and O–H groups in total. The van der Waals surface area contributed by atoms with Gasteiger partial charge in [-0.05, 0) is 36.1 Å². The predicted octanol–water partition coefficient (Wildman–Crippen LogP) is 2.43. The lowest BCUT2D eigenvalue weighted by atomic mass is 9.46. The number of carbonyl (C=O) groups is 4. The molecule has 1 aromatic heterocycles. The van der Waals surface area contributed by atoms with E-state index in [2.05, 4.69) is 6.58 Å². The second kappa shape index (κ2) is 11.0. The van der Waals surface area contributed by atoms with Crippen molar-refractivity contribution in [2.45, 2.75) is 82.9 Å². The quantitative estimate of drug-likeness (QED) is 0.143. The van der Waals surface area contributed by atoms with E-state index in [-0.39, 0.29) is 24.0 Å². The number of hydrogen-bond donors (Lipinski definition) is 4. The van der Waals surface area contributed by atoms with Crippen LogP contribution in [0.25, 0.3) is 0 Å². The summed E-state index contributed by atoms with van der Waals surface area (Å²) in [5, 5.41) is 45.9. The number of aliphatic hydroxyl groups is 4. The highest BCUT2D eigenvalue weighted by Gasteiger charge is 2.76. The number of cyclic esters (lactones) is 1. The highest BCUT2D eigenvalue weighted by molar-refractivity contribution is 5.96. The summed E-state index contributed by atoms with van der Waals surface area (Å²) in [6.45, 7) is 11.9. The van der Waals surface area contributed by atoms with E-state index >= 15 is 0 Å². The van der Waals surface area contributed by atoms with Crippen molar-refractivity contribution in [3.63, 3.8) is 0 Å². The second-order valence-electron chi connectivity index (χ2n) is 13.5. The topological polar surface area (TPSA) is 190 Å². The summed E-state index contributed by atoms with van der Waals surface area (Å²) in [5.74, 6) is -6.85. The minimum absolute atomic E-state index is 0.0924. The first-order valence-electron chi connectivity index (χ1n) is 15.0. The fraction of sp³-hybridized carbons (Fsp3) is 0.576. The molecule has 0 radical (unpaired) electrons. The molecule has 1 aromatic rings. The summed E-state index contributed by atoms with van der Waals surface area (Å²) in [4.78, 5) is 52.8. The Labute approximate surface area is 260 Å². The van der Waals surface area contributed by atoms with Gasteiger partial charge in [0, 0.05) is 29.6 Å². The molecule has 3 aliphatic carbocycles. The zero-order valence-corrected chi connectivity index (χ0v) is 25.9. The lowest BCUT2D eigenvalue weighted by molar-refractivity contribution is -0.227. The van der Waals surface area contributed by atoms with E-state index in [0.29, 0.717) is 12.0 Å². The monoisotopic (exact) mass is 628 g/mol. The zero-order chi connectivity index (χ0) is 33.3. The third-order valence-corrected chi connectivity index (χ3v) is 11.0. The summed E-state index contributed by atoms with van der Waals surface area (Å²) in [6, 6.07) is 1.61. The van der Waals surface area contributed by atoms with E-state index in [1.165, 1.54) is 38.5 Å². The zero-order valence-electron chi connectivity index (χ0n) is 25.9. The van der Waals surface area contributed by atoms with Crippen molar-refractivity contribution in [3.05, 3.63) is 59.8 Å². The van der Waals surface area contributed by atoms with Crippen LogP contribution in [-0.2, 0) is 33.4 Å². The maximum atomic E-state index is 14.1. The predicted molar refractivity (Wildman–Crippen MR) is 155 cm³/mol. The van der Waals surface area contributed by atoms with Gasteiger partial charge in [0.05, 0.1) is 23.5 Å². The number of esters is 2. The average Bonchev–Trinajstić information content (AvgIpc) is 3.60. The average molecular weight is 629 g/mol. The molecule has 45 heavy (non-hydrogen) atoms. The minimum atomic E-state index is -2.39. The first-order valence-corrected chi connectivity index (χ1v) is 15.0. The first-order chi connectivity index (χ1) is 21.0. The van der Waals surface area contributed by atoms with Gasteiger partial charge in [-0.15, -0.1) is 0 Å². The van der Waals surface area contributed by atoms with Gasteiger partial charge in [0.1, 0.15) is 30.2 Å². The smallest absolute Gasteiger partial charge is 0.338 e. The molecule has 2 heterocycles. The molecule has 0 bridgehead atoms. The van der Waals surface area contributed by atoms with Crippen molar-refractivity contribution in [1.29, 1.82) is 0 Å². The van der Waals surface area contributed by atoms with Crippen LogP contribution >= 0.6 is 0 Å². The molecule has 12 heteroatoms. The summed E-state index contributed by atoms with van der Waals surface area (Å²) >= 11 is 0. The molecule has 1 saturated heterocycles. The van der Waals surface area contributed by atoms with Crippen LogP contribution in [0, 0.1) is 28.6 Å². The normalized spacial score (nSPS) is 40.7. The highest BCUT2D eigenvalue weighted by Crippen LogP contribution is 2.68. The summed E-state index contributed by atoms with van der Waals surface area (Å²) < 4.78 is 22.2. The van der Waals surface area contributed by atoms with Crippen LogP contribution in [0.4, 0.5) is 0 Å². The van der Waals surface area contributed by atoms with Crippen molar-refractivity contribution in [2.24, 2.45) is 28.6 Å². The maximum absolute atomic E-state index is 14.1. The summed E-state index contributed by atoms with van der Waals surface area (Å²) in [7, 11) is 0. The van der Waals surface area contributed by atoms with Crippen LogP contribution in [0.2, 0.25) is 0 Å². The Morgan fingerprint density at radius 2 is 1.93 bits per heavy atom. The Kier molecular flexibility index (Phi) is 7.95. The van der Waals surface area contributed by atoms with Gasteiger partial charge in [0.25, 0.3) is 6.47 Å². The van der Waals surface area contributed by atoms with Gasteiger partial charge in [0.2, 0.25) is 0 Å². The number of ether oxygens (including phenoxy) is 3. The van der Waals surface area contributed by atoms with Crippen LogP contribution in [-0.4, -0.2) is 80.7 Å². The molecule has 3 fully saturated rings. The van der Waals surface area contributed by atoms with Gasteiger partial charge in [-0.2, -0.15) is 0 Å². The number of aliphatic hydroxyl groups excluding tert-OH is 2. The van der Waals surface area contributed by atoms with Gasteiger partial charge >= 0.3 is 11.9 Å². The number of ketones is 1. The van der Waals surface area contributed by atoms with E-state index < -0.39 is 94.1 Å². The van der Waals surface area contributed by atoms with E-state index in [4.69, 9.17) is 18.6 Å². The van der Waals surface area contributed by atoms with Crippen LogP contribution < -0.4 is 0 Å². The third kappa shape index (κ3) is 4.44. The summed E-state index contributed by atoms with van der Waals surface area (Å²) in [5.41, 5.74) is -7.21. The van der Waals surface area contributed by atoms with E-state index in [1.54, 1.807) is 26.8 Å². The SMILES string of the molecule is C=C1[C@@H]([C@@]2(C)C=CC(O)=C3C(=O)OC[C@@](C)(O)[C@H]32)[C@@H](OC=O)[C@H](OC(=O)[C@H](O)[C@H](C)CC)[C@@]2(C)[C@H](c3ccoc3)CC(=O)[C@]12O. The van der Waals surface area contributed by atoms with Crippen LogP contribution in [0.3, 0.4) is 0 Å². The van der Waals surface area contributed by atoms with Gasteiger partial charge < -0.3 is 39.1 Å². The number of rotatable bonds is 8. The van der Waals surface area contributed by atoms with Crippen molar-refractivity contribution in [1.82, 2.24) is 0 Å². The molecule has 0 unspecified atom stereocenters. The van der Waals surface area contributed by atoms with Crippen molar-refractivity contribution >= 4 is 24.2 Å². The number of carbonyl (C=O) groups excluding carboxylic acids is 4. The Balaban J connectivity index is 1.76. The molecule has 5 rings (SSSR count). The number of allylic oxidation sites excluding steroid dienone is 2. The van der Waals surface area contributed by atoms with E-state index in [9.17, 15) is 39.6 Å². The number of Topliss-reactive ketones (excluding diaryl/α,β-unsaturated/α-hetero) is 1. The highest BCUT2D eigenvalue weighted by atomic mass is 16.6. The molecule has 0 spiro atoms. The van der Waals surface area contributed by atoms with Crippen LogP contribution in [0.1, 0.15) is 58.9 Å². The van der Waals surface area contributed by atoms with Crippen LogP contribution in [0.5, 0.6) is 0 Å². The molecule has 0 aromatic carbocycles. The van der Waals surface area contributed by atoms with Crippen molar-refractivity contribution < 1.29 is 58.2 Å². The molecule has 12 nitrogen and oxygen atoms in total. The molecule has 1 aliphatic heterocycles. The molecule has 2 saturated carbocycles. The molecular weight excluding hydrogens is 588 g/mol. The first kappa shape index (κ1) is 32.6. The Bertz CT molecular complexity index is 1470. The maximum Gasteiger partial charge on any atom is 0.338 e. The van der Waals surface area contributed by atoms with Gasteiger partial charge in [-0.3, -0.25) is 9.59 Å². The Morgan fingerprint density at radius 3 is 2.53 bits per heavy atom. The largest absolute Gasteiger partial charge is 0.507 e. The van der Waals surface area contributed by atoms with Crippen molar-refractivity contribution in [2.75, 3.05) is 6.61 Å².